The van der Waals surface area contributed by atoms with Crippen LogP contribution < -0.4 is 10.6 Å². The summed E-state index contributed by atoms with van der Waals surface area (Å²) in [5.41, 5.74) is 0.891. The number of ether oxygens (including phenoxy) is 2. The molecule has 1 rings (SSSR count). The van der Waals surface area contributed by atoms with E-state index < -0.39 is 0 Å². The maximum Gasteiger partial charge on any atom is 0.246 e. The van der Waals surface area contributed by atoms with Crippen molar-refractivity contribution < 1.29 is 19.1 Å². The van der Waals surface area contributed by atoms with E-state index in [2.05, 4.69) is 34.8 Å². The highest BCUT2D eigenvalue weighted by Crippen LogP contribution is 1.95. The minimum absolute atomic E-state index is 0.0163. The minimum Gasteiger partial charge on any atom is -0.378 e. The van der Waals surface area contributed by atoms with E-state index in [9.17, 15) is 9.59 Å². The molecule has 26 heavy (non-hydrogen) atoms. The number of rotatable bonds is 14. The zero-order valence-electron chi connectivity index (χ0n) is 16.2. The van der Waals surface area contributed by atoms with Crippen molar-refractivity contribution in [3.63, 3.8) is 0 Å². The van der Waals surface area contributed by atoms with Crippen LogP contribution in [0, 0.1) is 5.92 Å². The van der Waals surface area contributed by atoms with Crippen LogP contribution in [0.4, 0.5) is 0 Å². The number of hydrogen-bond donors (Lipinski definition) is 2. The van der Waals surface area contributed by atoms with Gasteiger partial charge in [0.2, 0.25) is 5.91 Å². The predicted octanol–water partition coefficient (Wildman–Crippen LogP) is 0.151. The lowest BCUT2D eigenvalue weighted by molar-refractivity contribution is -0.131. The van der Waals surface area contributed by atoms with Crippen LogP contribution in [0.25, 0.3) is 0 Å². The third kappa shape index (κ3) is 10.2. The highest BCUT2D eigenvalue weighted by molar-refractivity contribution is 5.82. The van der Waals surface area contributed by atoms with Crippen molar-refractivity contribution >= 4 is 11.7 Å². The molecule has 0 saturated heterocycles. The van der Waals surface area contributed by atoms with Crippen LogP contribution in [0.3, 0.4) is 0 Å². The normalized spacial score (nSPS) is 11.3. The van der Waals surface area contributed by atoms with Crippen molar-refractivity contribution in [3.8, 4) is 0 Å². The number of nitrogens with one attached hydrogen (secondary N) is 2. The standard InChI is InChI=1S/C17H31N5O4/c1-13(2)16(23)11-26-12-17(24)18-5-7-25-8-6-22-10-15(20-21-22)9-19-14(3)4/h10,13-14,19H,5-9,11-12H2,1-4H3,(H,18,24). The fourth-order valence-electron chi connectivity index (χ4n) is 1.82. The average Bonchev–Trinajstić information content (AvgIpc) is 3.03. The monoisotopic (exact) mass is 369 g/mol. The van der Waals surface area contributed by atoms with Crippen molar-refractivity contribution in [2.24, 2.45) is 5.92 Å². The molecule has 1 heterocycles. The lowest BCUT2D eigenvalue weighted by Gasteiger charge is -2.08. The van der Waals surface area contributed by atoms with Crippen LogP contribution >= 0.6 is 0 Å². The maximum atomic E-state index is 11.5. The van der Waals surface area contributed by atoms with E-state index >= 15 is 0 Å². The van der Waals surface area contributed by atoms with E-state index in [1.807, 2.05) is 6.20 Å². The molecule has 0 unspecified atom stereocenters. The first-order valence-corrected chi connectivity index (χ1v) is 8.95. The first kappa shape index (κ1) is 22.2. The SMILES string of the molecule is CC(C)NCc1cn(CCOCCNC(=O)COCC(=O)C(C)C)nn1. The van der Waals surface area contributed by atoms with Gasteiger partial charge in [-0.1, -0.05) is 32.9 Å². The Balaban J connectivity index is 2.02. The Bertz CT molecular complexity index is 545. The largest absolute Gasteiger partial charge is 0.378 e. The Morgan fingerprint density at radius 1 is 1.15 bits per heavy atom. The maximum absolute atomic E-state index is 11.5. The van der Waals surface area contributed by atoms with Gasteiger partial charge in [0, 0.05) is 31.2 Å². The summed E-state index contributed by atoms with van der Waals surface area (Å²) in [7, 11) is 0. The second kappa shape index (κ2) is 12.5. The van der Waals surface area contributed by atoms with E-state index in [0.29, 0.717) is 38.9 Å². The van der Waals surface area contributed by atoms with E-state index in [0.717, 1.165) is 5.69 Å². The summed E-state index contributed by atoms with van der Waals surface area (Å²) in [6.07, 6.45) is 1.89. The summed E-state index contributed by atoms with van der Waals surface area (Å²) < 4.78 is 12.3. The molecule has 0 aliphatic carbocycles. The van der Waals surface area contributed by atoms with Gasteiger partial charge in [-0.05, 0) is 0 Å². The summed E-state index contributed by atoms with van der Waals surface area (Å²) in [6.45, 7) is 10.2. The fraction of sp³-hybridized carbons (Fsp3) is 0.765. The number of carbonyl (C=O) groups excluding carboxylic acids is 2. The summed E-state index contributed by atoms with van der Waals surface area (Å²) in [5, 5.41) is 14.1. The third-order valence-electron chi connectivity index (χ3n) is 3.43. The number of amides is 1. The van der Waals surface area contributed by atoms with E-state index in [4.69, 9.17) is 9.47 Å². The molecular formula is C17H31N5O4. The Labute approximate surface area is 154 Å². The van der Waals surface area contributed by atoms with Gasteiger partial charge in [-0.25, -0.2) is 4.68 Å². The second-order valence-electron chi connectivity index (χ2n) is 6.58. The van der Waals surface area contributed by atoms with Crippen molar-refractivity contribution in [1.82, 2.24) is 25.6 Å². The van der Waals surface area contributed by atoms with Crippen LogP contribution in [0.15, 0.2) is 6.20 Å². The van der Waals surface area contributed by atoms with Gasteiger partial charge in [0.05, 0.1) is 25.5 Å². The highest BCUT2D eigenvalue weighted by atomic mass is 16.5. The Morgan fingerprint density at radius 3 is 2.62 bits per heavy atom. The number of hydrogen-bond acceptors (Lipinski definition) is 7. The van der Waals surface area contributed by atoms with E-state index in [1.165, 1.54) is 0 Å². The molecule has 1 aromatic heterocycles. The molecule has 1 amide bonds. The highest BCUT2D eigenvalue weighted by Gasteiger charge is 2.08. The summed E-state index contributed by atoms with van der Waals surface area (Å²) >= 11 is 0. The van der Waals surface area contributed by atoms with Crippen LogP contribution in [-0.2, 0) is 32.2 Å². The predicted molar refractivity (Wildman–Crippen MR) is 96.5 cm³/mol. The topological polar surface area (TPSA) is 107 Å². The molecule has 1 aromatic rings. The Morgan fingerprint density at radius 2 is 1.92 bits per heavy atom. The van der Waals surface area contributed by atoms with Gasteiger partial charge < -0.3 is 20.1 Å². The average molecular weight is 369 g/mol. The molecule has 9 nitrogen and oxygen atoms in total. The number of carbonyl (C=O) groups is 2. The van der Waals surface area contributed by atoms with Gasteiger partial charge in [-0.3, -0.25) is 9.59 Å². The Hall–Kier alpha value is -1.84. The lowest BCUT2D eigenvalue weighted by atomic mass is 10.1. The molecule has 0 atom stereocenters. The van der Waals surface area contributed by atoms with Gasteiger partial charge in [-0.2, -0.15) is 0 Å². The molecule has 0 aliphatic heterocycles. The first-order chi connectivity index (χ1) is 12.4. The van der Waals surface area contributed by atoms with Crippen molar-refractivity contribution in [2.75, 3.05) is 33.0 Å². The molecule has 0 radical (unpaired) electrons. The molecule has 0 aromatic carbocycles. The van der Waals surface area contributed by atoms with E-state index in [1.54, 1.807) is 18.5 Å². The van der Waals surface area contributed by atoms with Gasteiger partial charge >= 0.3 is 0 Å². The summed E-state index contributed by atoms with van der Waals surface area (Å²) in [4.78, 5) is 22.9. The van der Waals surface area contributed by atoms with Crippen LogP contribution in [0.2, 0.25) is 0 Å². The van der Waals surface area contributed by atoms with Gasteiger partial charge in [0.25, 0.3) is 0 Å². The quantitative estimate of drug-likeness (QED) is 0.450. The third-order valence-corrected chi connectivity index (χ3v) is 3.43. The van der Waals surface area contributed by atoms with Crippen molar-refractivity contribution in [3.05, 3.63) is 11.9 Å². The number of nitrogens with zero attached hydrogens (tertiary/aromatic N) is 3. The summed E-state index contributed by atoms with van der Waals surface area (Å²) in [5.74, 6) is -0.361. The molecule has 148 valence electrons. The molecule has 9 heteroatoms. The minimum atomic E-state index is -0.260. The zero-order chi connectivity index (χ0) is 19.4. The summed E-state index contributed by atoms with van der Waals surface area (Å²) in [6, 6.07) is 0.403. The molecule has 0 fully saturated rings. The number of Topliss-reactive ketones (excluding diaryl/α,β-unsaturated/α-hetero) is 1. The smallest absolute Gasteiger partial charge is 0.246 e. The second-order valence-corrected chi connectivity index (χ2v) is 6.58. The van der Waals surface area contributed by atoms with Gasteiger partial charge in [0.15, 0.2) is 5.78 Å². The van der Waals surface area contributed by atoms with Crippen LogP contribution in [0.5, 0.6) is 0 Å². The molecule has 0 saturated carbocycles. The number of aromatic nitrogens is 3. The molecular weight excluding hydrogens is 338 g/mol. The zero-order valence-corrected chi connectivity index (χ0v) is 16.2. The molecule has 0 aliphatic rings. The molecule has 2 N–H and O–H groups in total. The van der Waals surface area contributed by atoms with Gasteiger partial charge in [0.1, 0.15) is 13.2 Å². The van der Waals surface area contributed by atoms with Crippen molar-refractivity contribution in [2.45, 2.75) is 46.8 Å². The fourth-order valence-corrected chi connectivity index (χ4v) is 1.82. The Kier molecular flexibility index (Phi) is 10.7. The lowest BCUT2D eigenvalue weighted by Crippen LogP contribution is -2.31. The van der Waals surface area contributed by atoms with E-state index in [-0.39, 0.29) is 30.8 Å². The van der Waals surface area contributed by atoms with Gasteiger partial charge in [-0.15, -0.1) is 5.10 Å². The van der Waals surface area contributed by atoms with Crippen LogP contribution in [-0.4, -0.2) is 65.7 Å². The molecule has 0 bridgehead atoms. The molecule has 0 spiro atoms. The van der Waals surface area contributed by atoms with Crippen molar-refractivity contribution in [1.29, 1.82) is 0 Å². The first-order valence-electron chi connectivity index (χ1n) is 8.95. The number of ketones is 1. The van der Waals surface area contributed by atoms with Crippen LogP contribution in [0.1, 0.15) is 33.4 Å².